The molecule has 1 fully saturated rings. The van der Waals surface area contributed by atoms with Crippen LogP contribution in [-0.4, -0.2) is 36.1 Å². The van der Waals surface area contributed by atoms with Crippen molar-refractivity contribution >= 4 is 0 Å². The first-order chi connectivity index (χ1) is 8.24. The van der Waals surface area contributed by atoms with Gasteiger partial charge in [-0.3, -0.25) is 4.98 Å². The van der Waals surface area contributed by atoms with Crippen molar-refractivity contribution in [3.63, 3.8) is 0 Å². The summed E-state index contributed by atoms with van der Waals surface area (Å²) in [6.45, 7) is 5.67. The lowest BCUT2D eigenvalue weighted by atomic mass is 9.94. The number of nitrogens with one attached hydrogen (secondary N) is 1. The van der Waals surface area contributed by atoms with Crippen molar-refractivity contribution in [1.82, 2.24) is 15.2 Å². The minimum absolute atomic E-state index is 0.658. The Morgan fingerprint density at radius 2 is 2.18 bits per heavy atom. The van der Waals surface area contributed by atoms with Crippen molar-refractivity contribution in [3.05, 3.63) is 30.1 Å². The first-order valence-corrected chi connectivity index (χ1v) is 6.55. The highest BCUT2D eigenvalue weighted by atomic mass is 15.1. The van der Waals surface area contributed by atoms with E-state index in [1.165, 1.54) is 24.9 Å². The Hall–Kier alpha value is -0.930. The highest BCUT2D eigenvalue weighted by Crippen LogP contribution is 2.16. The SMILES string of the molecule is CC1CCNC(CN(C)Cc2ccncc2)C1. The molecule has 1 aliphatic heterocycles. The number of pyridine rings is 1. The van der Waals surface area contributed by atoms with E-state index in [0.717, 1.165) is 19.0 Å². The van der Waals surface area contributed by atoms with Crippen molar-refractivity contribution in [2.75, 3.05) is 20.1 Å². The summed E-state index contributed by atoms with van der Waals surface area (Å²) < 4.78 is 0. The molecule has 94 valence electrons. The third kappa shape index (κ3) is 4.10. The summed E-state index contributed by atoms with van der Waals surface area (Å²) in [5, 5.41) is 3.61. The minimum Gasteiger partial charge on any atom is -0.313 e. The van der Waals surface area contributed by atoms with E-state index in [9.17, 15) is 0 Å². The van der Waals surface area contributed by atoms with Crippen LogP contribution in [0.4, 0.5) is 0 Å². The second kappa shape index (κ2) is 6.12. The molecule has 0 amide bonds. The van der Waals surface area contributed by atoms with E-state index in [1.54, 1.807) is 0 Å². The first-order valence-electron chi connectivity index (χ1n) is 6.55. The van der Waals surface area contributed by atoms with Gasteiger partial charge in [0.1, 0.15) is 0 Å². The predicted octanol–water partition coefficient (Wildman–Crippen LogP) is 1.90. The lowest BCUT2D eigenvalue weighted by molar-refractivity contribution is 0.230. The first kappa shape index (κ1) is 12.5. The Morgan fingerprint density at radius 3 is 2.88 bits per heavy atom. The van der Waals surface area contributed by atoms with Crippen molar-refractivity contribution < 1.29 is 0 Å². The van der Waals surface area contributed by atoms with E-state index in [4.69, 9.17) is 0 Å². The summed E-state index contributed by atoms with van der Waals surface area (Å²) in [6, 6.07) is 4.84. The van der Waals surface area contributed by atoms with Crippen LogP contribution in [0.3, 0.4) is 0 Å². The van der Waals surface area contributed by atoms with E-state index < -0.39 is 0 Å². The van der Waals surface area contributed by atoms with Gasteiger partial charge in [0.2, 0.25) is 0 Å². The quantitative estimate of drug-likeness (QED) is 0.861. The molecule has 0 saturated carbocycles. The molecule has 2 rings (SSSR count). The fraction of sp³-hybridized carbons (Fsp3) is 0.643. The zero-order chi connectivity index (χ0) is 12.1. The molecule has 1 N–H and O–H groups in total. The van der Waals surface area contributed by atoms with Crippen LogP contribution in [-0.2, 0) is 6.54 Å². The van der Waals surface area contributed by atoms with Gasteiger partial charge in [-0.2, -0.15) is 0 Å². The summed E-state index contributed by atoms with van der Waals surface area (Å²) in [7, 11) is 2.20. The number of nitrogens with zero attached hydrogens (tertiary/aromatic N) is 2. The number of likely N-dealkylation sites (N-methyl/N-ethyl adjacent to an activating group) is 1. The number of hydrogen-bond acceptors (Lipinski definition) is 3. The third-order valence-corrected chi connectivity index (χ3v) is 3.49. The molecule has 17 heavy (non-hydrogen) atoms. The van der Waals surface area contributed by atoms with Crippen molar-refractivity contribution in [2.24, 2.45) is 5.92 Å². The van der Waals surface area contributed by atoms with Crippen LogP contribution < -0.4 is 5.32 Å². The van der Waals surface area contributed by atoms with Gasteiger partial charge < -0.3 is 10.2 Å². The number of piperidine rings is 1. The maximum Gasteiger partial charge on any atom is 0.0271 e. The molecule has 0 aromatic carbocycles. The van der Waals surface area contributed by atoms with Gasteiger partial charge in [-0.25, -0.2) is 0 Å². The summed E-state index contributed by atoms with van der Waals surface area (Å²) in [5.41, 5.74) is 1.34. The predicted molar refractivity (Wildman–Crippen MR) is 70.8 cm³/mol. The van der Waals surface area contributed by atoms with Crippen LogP contribution in [0, 0.1) is 5.92 Å². The maximum atomic E-state index is 4.05. The van der Waals surface area contributed by atoms with Crippen LogP contribution in [0.25, 0.3) is 0 Å². The fourth-order valence-electron chi connectivity index (χ4n) is 2.60. The van der Waals surface area contributed by atoms with Crippen LogP contribution >= 0.6 is 0 Å². The zero-order valence-electron chi connectivity index (χ0n) is 10.9. The van der Waals surface area contributed by atoms with Gasteiger partial charge in [0.25, 0.3) is 0 Å². The Bertz CT molecular complexity index is 325. The summed E-state index contributed by atoms with van der Waals surface area (Å²) in [6.07, 6.45) is 6.36. The standard InChI is InChI=1S/C14H23N3/c1-12-3-8-16-14(9-12)11-17(2)10-13-4-6-15-7-5-13/h4-7,12,14,16H,3,8-11H2,1-2H3. The Morgan fingerprint density at radius 1 is 1.41 bits per heavy atom. The van der Waals surface area contributed by atoms with Crippen LogP contribution in [0.2, 0.25) is 0 Å². The molecule has 1 saturated heterocycles. The highest BCUT2D eigenvalue weighted by Gasteiger charge is 2.19. The normalized spacial score (nSPS) is 25.1. The van der Waals surface area contributed by atoms with Gasteiger partial charge in [-0.1, -0.05) is 6.92 Å². The number of aromatic nitrogens is 1. The Labute approximate surface area is 104 Å². The summed E-state index contributed by atoms with van der Waals surface area (Å²) in [4.78, 5) is 6.44. The van der Waals surface area contributed by atoms with Gasteiger partial charge in [-0.05, 0) is 50.0 Å². The second-order valence-corrected chi connectivity index (χ2v) is 5.33. The molecule has 3 nitrogen and oxygen atoms in total. The molecule has 1 aromatic heterocycles. The van der Waals surface area contributed by atoms with Crippen LogP contribution in [0.15, 0.2) is 24.5 Å². The van der Waals surface area contributed by atoms with E-state index >= 15 is 0 Å². The molecular formula is C14H23N3. The number of rotatable bonds is 4. The molecule has 2 heterocycles. The number of hydrogen-bond donors (Lipinski definition) is 1. The lowest BCUT2D eigenvalue weighted by Crippen LogP contribution is -2.44. The van der Waals surface area contributed by atoms with E-state index in [2.05, 4.69) is 41.3 Å². The Balaban J connectivity index is 1.79. The fourth-order valence-corrected chi connectivity index (χ4v) is 2.60. The van der Waals surface area contributed by atoms with Gasteiger partial charge in [0, 0.05) is 31.5 Å². The molecular weight excluding hydrogens is 210 g/mol. The molecule has 0 bridgehead atoms. The van der Waals surface area contributed by atoms with Gasteiger partial charge >= 0.3 is 0 Å². The minimum atomic E-state index is 0.658. The van der Waals surface area contributed by atoms with Crippen molar-refractivity contribution in [3.8, 4) is 0 Å². The average Bonchev–Trinajstić information content (AvgIpc) is 2.30. The largest absolute Gasteiger partial charge is 0.313 e. The smallest absolute Gasteiger partial charge is 0.0271 e. The molecule has 0 radical (unpaired) electrons. The van der Waals surface area contributed by atoms with Crippen molar-refractivity contribution in [2.45, 2.75) is 32.4 Å². The van der Waals surface area contributed by atoms with Crippen LogP contribution in [0.5, 0.6) is 0 Å². The van der Waals surface area contributed by atoms with Crippen LogP contribution in [0.1, 0.15) is 25.3 Å². The third-order valence-electron chi connectivity index (χ3n) is 3.49. The molecule has 1 aliphatic rings. The summed E-state index contributed by atoms with van der Waals surface area (Å²) in [5.74, 6) is 0.871. The van der Waals surface area contributed by atoms with Gasteiger partial charge in [0.15, 0.2) is 0 Å². The molecule has 0 spiro atoms. The van der Waals surface area contributed by atoms with E-state index in [1.807, 2.05) is 12.4 Å². The topological polar surface area (TPSA) is 28.2 Å². The van der Waals surface area contributed by atoms with E-state index in [-0.39, 0.29) is 0 Å². The molecule has 0 aliphatic carbocycles. The van der Waals surface area contributed by atoms with Crippen molar-refractivity contribution in [1.29, 1.82) is 0 Å². The van der Waals surface area contributed by atoms with Gasteiger partial charge in [0.05, 0.1) is 0 Å². The summed E-state index contributed by atoms with van der Waals surface area (Å²) >= 11 is 0. The molecule has 3 heteroatoms. The molecule has 2 unspecified atom stereocenters. The molecule has 1 aromatic rings. The van der Waals surface area contributed by atoms with E-state index in [0.29, 0.717) is 6.04 Å². The molecule has 2 atom stereocenters. The lowest BCUT2D eigenvalue weighted by Gasteiger charge is -2.31. The highest BCUT2D eigenvalue weighted by molar-refractivity contribution is 5.09. The maximum absolute atomic E-state index is 4.05. The Kier molecular flexibility index (Phi) is 4.51. The second-order valence-electron chi connectivity index (χ2n) is 5.33. The average molecular weight is 233 g/mol. The zero-order valence-corrected chi connectivity index (χ0v) is 10.9. The van der Waals surface area contributed by atoms with Gasteiger partial charge in [-0.15, -0.1) is 0 Å². The monoisotopic (exact) mass is 233 g/mol.